The molecule has 0 atom stereocenters. The molecule has 0 saturated carbocycles. The molecular formula is C58H39N3. The first kappa shape index (κ1) is 36.1. The molecule has 0 fully saturated rings. The Morgan fingerprint density at radius 2 is 1.00 bits per heavy atom. The van der Waals surface area contributed by atoms with Gasteiger partial charge >= 0.3 is 0 Å². The number of rotatable bonds is 7. The van der Waals surface area contributed by atoms with Crippen LogP contribution in [0.5, 0.6) is 0 Å². The van der Waals surface area contributed by atoms with E-state index in [0.29, 0.717) is 5.82 Å². The van der Waals surface area contributed by atoms with Crippen LogP contribution in [0.1, 0.15) is 12.5 Å². The molecule has 3 nitrogen and oxygen atoms in total. The van der Waals surface area contributed by atoms with Crippen LogP contribution in [-0.4, -0.2) is 15.0 Å². The van der Waals surface area contributed by atoms with Gasteiger partial charge in [-0.05, 0) is 92.7 Å². The number of pyridine rings is 1. The largest absolute Gasteiger partial charge is 0.247 e. The van der Waals surface area contributed by atoms with Crippen molar-refractivity contribution in [2.75, 3.05) is 0 Å². The molecule has 3 heteroatoms. The number of para-hydroxylation sites is 2. The number of benzene rings is 9. The van der Waals surface area contributed by atoms with Crippen LogP contribution in [0.15, 0.2) is 212 Å². The molecule has 0 saturated heterocycles. The molecule has 0 N–H and O–H groups in total. The SMILES string of the molecule is C/C=C\C=C/c1cc(-c2ccc(-c3cccc(-c4nc(-c5cccc6ccccc56)c5ccccc5n4)c3)cc2)cc2c(-c3ccc4ccccc4c3)nc3ccccc3c12. The van der Waals surface area contributed by atoms with Gasteiger partial charge in [-0.25, -0.2) is 15.0 Å². The van der Waals surface area contributed by atoms with Crippen molar-refractivity contribution in [3.05, 3.63) is 218 Å². The molecule has 2 heterocycles. The van der Waals surface area contributed by atoms with Crippen LogP contribution in [0.4, 0.5) is 0 Å². The van der Waals surface area contributed by atoms with Gasteiger partial charge in [0.25, 0.3) is 0 Å². The molecule has 0 amide bonds. The van der Waals surface area contributed by atoms with Gasteiger partial charge in [0.05, 0.1) is 22.4 Å². The third-order valence-corrected chi connectivity index (χ3v) is 11.8. The Morgan fingerprint density at radius 3 is 1.82 bits per heavy atom. The lowest BCUT2D eigenvalue weighted by molar-refractivity contribution is 1.23. The quantitative estimate of drug-likeness (QED) is 0.119. The highest BCUT2D eigenvalue weighted by Crippen LogP contribution is 2.40. The van der Waals surface area contributed by atoms with E-state index >= 15 is 0 Å². The van der Waals surface area contributed by atoms with Crippen molar-refractivity contribution in [2.24, 2.45) is 0 Å². The van der Waals surface area contributed by atoms with Crippen molar-refractivity contribution in [3.8, 4) is 56.2 Å². The number of hydrogen-bond donors (Lipinski definition) is 0. The highest BCUT2D eigenvalue weighted by Gasteiger charge is 2.17. The molecule has 0 radical (unpaired) electrons. The molecular weight excluding hydrogens is 739 g/mol. The zero-order chi connectivity index (χ0) is 40.7. The van der Waals surface area contributed by atoms with Crippen molar-refractivity contribution in [1.82, 2.24) is 15.0 Å². The van der Waals surface area contributed by atoms with Crippen molar-refractivity contribution in [1.29, 1.82) is 0 Å². The molecule has 0 aliphatic rings. The number of fused-ring (bicyclic) bond motifs is 6. The molecule has 9 aromatic carbocycles. The first-order chi connectivity index (χ1) is 30.2. The fraction of sp³-hybridized carbons (Fsp3) is 0.0172. The summed E-state index contributed by atoms with van der Waals surface area (Å²) in [6.45, 7) is 2.05. The van der Waals surface area contributed by atoms with E-state index in [-0.39, 0.29) is 0 Å². The third-order valence-electron chi connectivity index (χ3n) is 11.8. The molecule has 0 unspecified atom stereocenters. The van der Waals surface area contributed by atoms with Crippen LogP contribution >= 0.6 is 0 Å². The third kappa shape index (κ3) is 6.63. The van der Waals surface area contributed by atoms with Gasteiger partial charge in [0, 0.05) is 38.2 Å². The van der Waals surface area contributed by atoms with Gasteiger partial charge in [-0.1, -0.05) is 182 Å². The first-order valence-electron chi connectivity index (χ1n) is 20.8. The highest BCUT2D eigenvalue weighted by atomic mass is 14.9. The minimum absolute atomic E-state index is 0.707. The molecule has 0 bridgehead atoms. The average Bonchev–Trinajstić information content (AvgIpc) is 3.33. The second-order valence-corrected chi connectivity index (χ2v) is 15.5. The molecule has 0 spiro atoms. The summed E-state index contributed by atoms with van der Waals surface area (Å²) in [6, 6.07) is 69.1. The van der Waals surface area contributed by atoms with E-state index in [1.807, 2.05) is 13.0 Å². The lowest BCUT2D eigenvalue weighted by Crippen LogP contribution is -1.96. The Hall–Kier alpha value is -8.01. The van der Waals surface area contributed by atoms with E-state index < -0.39 is 0 Å². The lowest BCUT2D eigenvalue weighted by Gasteiger charge is -2.16. The van der Waals surface area contributed by atoms with Gasteiger partial charge in [0.15, 0.2) is 5.82 Å². The number of hydrogen-bond acceptors (Lipinski definition) is 3. The van der Waals surface area contributed by atoms with Gasteiger partial charge in [-0.2, -0.15) is 0 Å². The van der Waals surface area contributed by atoms with Gasteiger partial charge < -0.3 is 0 Å². The Morgan fingerprint density at radius 1 is 0.361 bits per heavy atom. The summed E-state index contributed by atoms with van der Waals surface area (Å²) in [5, 5.41) is 9.29. The second kappa shape index (κ2) is 15.3. The maximum Gasteiger partial charge on any atom is 0.160 e. The Kier molecular flexibility index (Phi) is 9.05. The van der Waals surface area contributed by atoms with E-state index in [4.69, 9.17) is 15.0 Å². The van der Waals surface area contributed by atoms with E-state index in [9.17, 15) is 0 Å². The Balaban J connectivity index is 1.02. The van der Waals surface area contributed by atoms with Crippen molar-refractivity contribution in [3.63, 3.8) is 0 Å². The number of nitrogens with zero attached hydrogens (tertiary/aromatic N) is 3. The van der Waals surface area contributed by atoms with Gasteiger partial charge in [-0.15, -0.1) is 0 Å². The van der Waals surface area contributed by atoms with Gasteiger partial charge in [-0.3, -0.25) is 0 Å². The van der Waals surface area contributed by atoms with Gasteiger partial charge in [0.2, 0.25) is 0 Å². The maximum absolute atomic E-state index is 5.34. The minimum Gasteiger partial charge on any atom is -0.247 e. The van der Waals surface area contributed by atoms with Crippen LogP contribution in [0.2, 0.25) is 0 Å². The fourth-order valence-corrected chi connectivity index (χ4v) is 8.78. The zero-order valence-corrected chi connectivity index (χ0v) is 33.6. The van der Waals surface area contributed by atoms with Crippen LogP contribution in [0.3, 0.4) is 0 Å². The molecule has 11 aromatic rings. The van der Waals surface area contributed by atoms with Crippen LogP contribution in [-0.2, 0) is 0 Å². The molecule has 0 aliphatic heterocycles. The van der Waals surface area contributed by atoms with Crippen molar-refractivity contribution < 1.29 is 0 Å². The van der Waals surface area contributed by atoms with Crippen LogP contribution in [0.25, 0.3) is 116 Å². The predicted octanol–water partition coefficient (Wildman–Crippen LogP) is 15.6. The molecule has 61 heavy (non-hydrogen) atoms. The summed E-state index contributed by atoms with van der Waals surface area (Å²) in [7, 11) is 0. The van der Waals surface area contributed by atoms with Gasteiger partial charge in [0.1, 0.15) is 0 Å². The van der Waals surface area contributed by atoms with Crippen LogP contribution < -0.4 is 0 Å². The van der Waals surface area contributed by atoms with E-state index in [1.165, 1.54) is 26.9 Å². The molecule has 11 rings (SSSR count). The highest BCUT2D eigenvalue weighted by molar-refractivity contribution is 6.16. The monoisotopic (exact) mass is 777 g/mol. The Labute approximate surface area is 354 Å². The fourth-order valence-electron chi connectivity index (χ4n) is 8.78. The smallest absolute Gasteiger partial charge is 0.160 e. The average molecular weight is 778 g/mol. The Bertz CT molecular complexity index is 3540. The zero-order valence-electron chi connectivity index (χ0n) is 33.6. The van der Waals surface area contributed by atoms with Crippen LogP contribution in [0, 0.1) is 0 Å². The summed E-state index contributed by atoms with van der Waals surface area (Å²) in [6.07, 6.45) is 8.50. The van der Waals surface area contributed by atoms with E-state index in [1.54, 1.807) is 0 Å². The molecule has 286 valence electrons. The topological polar surface area (TPSA) is 38.7 Å². The van der Waals surface area contributed by atoms with E-state index in [2.05, 4.69) is 212 Å². The molecule has 0 aliphatic carbocycles. The number of aromatic nitrogens is 3. The summed E-state index contributed by atoms with van der Waals surface area (Å²) < 4.78 is 0. The standard InChI is InChI=1S/C58H39N3/c1-2-3-4-18-44-36-47(37-52-55(44)50-23-9-11-26-53(50)59-56(52)45-33-32-38-15-5-6-17-42(38)34-45)40-30-28-39(29-31-40)43-20-13-21-46(35-43)58-60-54-27-12-10-24-51(54)57(61-58)49-25-14-19-41-16-7-8-22-48(41)49/h2-37H,1H3/b3-2-,18-4-. The summed E-state index contributed by atoms with van der Waals surface area (Å²) >= 11 is 0. The normalized spacial score (nSPS) is 11.9. The lowest BCUT2D eigenvalue weighted by atomic mass is 9.91. The summed E-state index contributed by atoms with van der Waals surface area (Å²) in [4.78, 5) is 15.7. The number of allylic oxidation sites excluding steroid dienone is 3. The second-order valence-electron chi connectivity index (χ2n) is 15.5. The minimum atomic E-state index is 0.707. The maximum atomic E-state index is 5.34. The first-order valence-corrected chi connectivity index (χ1v) is 20.8. The summed E-state index contributed by atoms with van der Waals surface area (Å²) in [5.41, 5.74) is 12.7. The van der Waals surface area contributed by atoms with E-state index in [0.717, 1.165) is 83.1 Å². The van der Waals surface area contributed by atoms with Crippen molar-refractivity contribution >= 4 is 60.2 Å². The molecule has 2 aromatic heterocycles. The predicted molar refractivity (Wildman–Crippen MR) is 258 cm³/mol. The van der Waals surface area contributed by atoms with Crippen molar-refractivity contribution in [2.45, 2.75) is 6.92 Å². The summed E-state index contributed by atoms with van der Waals surface area (Å²) in [5.74, 6) is 0.707.